The topological polar surface area (TPSA) is 103 Å². The minimum absolute atomic E-state index is 0. The molecule has 23 heavy (non-hydrogen) atoms. The highest BCUT2D eigenvalue weighted by molar-refractivity contribution is 14.0. The summed E-state index contributed by atoms with van der Waals surface area (Å²) >= 11 is 0. The molecule has 0 aliphatic rings. The van der Waals surface area contributed by atoms with Crippen LogP contribution in [0, 0.1) is 0 Å². The standard InChI is InChI=1S/C14H23N3O4S.HI/c1-4-22(18,19)8-7-16-14(15)17-10-11-5-6-12(20-2)13(9-11)21-3;/h5-6,9H,4,7-8,10H2,1-3H3,(H3,15,16,17);1H. The molecule has 0 radical (unpaired) electrons. The molecule has 0 bridgehead atoms. The Bertz CT molecular complexity index is 620. The van der Waals surface area contributed by atoms with Gasteiger partial charge in [0.05, 0.1) is 26.5 Å². The van der Waals surface area contributed by atoms with E-state index in [9.17, 15) is 8.42 Å². The zero-order valence-electron chi connectivity index (χ0n) is 13.5. The number of rotatable bonds is 8. The lowest BCUT2D eigenvalue weighted by molar-refractivity contribution is 0.354. The second-order valence-corrected chi connectivity index (χ2v) is 7.03. The van der Waals surface area contributed by atoms with Crippen molar-refractivity contribution in [2.45, 2.75) is 13.5 Å². The van der Waals surface area contributed by atoms with Gasteiger partial charge < -0.3 is 20.5 Å². The first kappa shape index (κ1) is 21.8. The second kappa shape index (κ2) is 10.5. The molecule has 1 aromatic rings. The number of aliphatic imine (C=N–C) groups is 1. The molecule has 0 aliphatic heterocycles. The molecule has 0 spiro atoms. The molecule has 0 unspecified atom stereocenters. The maximum Gasteiger partial charge on any atom is 0.188 e. The first-order valence-electron chi connectivity index (χ1n) is 6.87. The van der Waals surface area contributed by atoms with Gasteiger partial charge in [-0.15, -0.1) is 24.0 Å². The SMILES string of the molecule is CCS(=O)(=O)CCNC(N)=NCc1ccc(OC)c(OC)c1.I. The van der Waals surface area contributed by atoms with Gasteiger partial charge in [0.15, 0.2) is 27.3 Å². The number of nitrogens with two attached hydrogens (primary N) is 1. The average molecular weight is 457 g/mol. The second-order valence-electron chi connectivity index (χ2n) is 4.55. The molecule has 0 saturated heterocycles. The van der Waals surface area contributed by atoms with E-state index in [0.29, 0.717) is 18.0 Å². The van der Waals surface area contributed by atoms with Gasteiger partial charge in [0, 0.05) is 12.3 Å². The molecule has 9 heteroatoms. The fourth-order valence-corrected chi connectivity index (χ4v) is 2.39. The van der Waals surface area contributed by atoms with Gasteiger partial charge in [0.1, 0.15) is 0 Å². The number of halogens is 1. The van der Waals surface area contributed by atoms with Gasteiger partial charge in [-0.3, -0.25) is 0 Å². The van der Waals surface area contributed by atoms with Crippen molar-refractivity contribution in [2.75, 3.05) is 32.3 Å². The van der Waals surface area contributed by atoms with Crippen LogP contribution in [0.3, 0.4) is 0 Å². The monoisotopic (exact) mass is 457 g/mol. The maximum atomic E-state index is 11.3. The Morgan fingerprint density at radius 1 is 1.26 bits per heavy atom. The fourth-order valence-electron chi connectivity index (χ4n) is 1.69. The van der Waals surface area contributed by atoms with E-state index in [0.717, 1.165) is 5.56 Å². The lowest BCUT2D eigenvalue weighted by Gasteiger charge is -2.09. The molecule has 1 rings (SSSR count). The zero-order chi connectivity index (χ0) is 16.6. The van der Waals surface area contributed by atoms with Crippen LogP contribution >= 0.6 is 24.0 Å². The summed E-state index contributed by atoms with van der Waals surface area (Å²) in [6.07, 6.45) is 0. The predicted molar refractivity (Wildman–Crippen MR) is 103 cm³/mol. The lowest BCUT2D eigenvalue weighted by atomic mass is 10.2. The van der Waals surface area contributed by atoms with Crippen molar-refractivity contribution in [2.24, 2.45) is 10.7 Å². The number of hydrogen-bond acceptors (Lipinski definition) is 5. The molecule has 0 fully saturated rings. The fraction of sp³-hybridized carbons (Fsp3) is 0.500. The van der Waals surface area contributed by atoms with Crippen molar-refractivity contribution in [3.63, 3.8) is 0 Å². The molecule has 0 atom stereocenters. The first-order valence-corrected chi connectivity index (χ1v) is 8.69. The maximum absolute atomic E-state index is 11.3. The number of nitrogens with zero attached hydrogens (tertiary/aromatic N) is 1. The highest BCUT2D eigenvalue weighted by atomic mass is 127. The van der Waals surface area contributed by atoms with E-state index < -0.39 is 9.84 Å². The Morgan fingerprint density at radius 2 is 1.91 bits per heavy atom. The highest BCUT2D eigenvalue weighted by Crippen LogP contribution is 2.27. The van der Waals surface area contributed by atoms with Gasteiger partial charge >= 0.3 is 0 Å². The van der Waals surface area contributed by atoms with Crippen LogP contribution in [0.4, 0.5) is 0 Å². The van der Waals surface area contributed by atoms with Crippen LogP contribution < -0.4 is 20.5 Å². The van der Waals surface area contributed by atoms with E-state index in [-0.39, 0.29) is 48.0 Å². The third-order valence-corrected chi connectivity index (χ3v) is 4.74. The number of guanidine groups is 1. The van der Waals surface area contributed by atoms with E-state index in [1.54, 1.807) is 27.2 Å². The van der Waals surface area contributed by atoms with E-state index in [1.807, 2.05) is 12.1 Å². The first-order chi connectivity index (χ1) is 10.4. The Balaban J connectivity index is 0.00000484. The Hall–Kier alpha value is -1.23. The molecule has 0 saturated carbocycles. The number of sulfone groups is 1. The summed E-state index contributed by atoms with van der Waals surface area (Å²) in [7, 11) is 0.133. The van der Waals surface area contributed by atoms with Crippen molar-refractivity contribution in [3.05, 3.63) is 23.8 Å². The van der Waals surface area contributed by atoms with Gasteiger partial charge in [-0.25, -0.2) is 13.4 Å². The van der Waals surface area contributed by atoms with Crippen molar-refractivity contribution in [3.8, 4) is 11.5 Å². The minimum Gasteiger partial charge on any atom is -0.493 e. The van der Waals surface area contributed by atoms with Crippen LogP contribution in [-0.4, -0.2) is 46.6 Å². The van der Waals surface area contributed by atoms with E-state index in [4.69, 9.17) is 15.2 Å². The van der Waals surface area contributed by atoms with Gasteiger partial charge in [-0.2, -0.15) is 0 Å². The number of nitrogens with one attached hydrogen (secondary N) is 1. The number of ether oxygens (including phenoxy) is 2. The Morgan fingerprint density at radius 3 is 2.48 bits per heavy atom. The van der Waals surface area contributed by atoms with Crippen LogP contribution in [0.1, 0.15) is 12.5 Å². The average Bonchev–Trinajstić information content (AvgIpc) is 2.52. The van der Waals surface area contributed by atoms with Gasteiger partial charge in [0.2, 0.25) is 0 Å². The van der Waals surface area contributed by atoms with Gasteiger partial charge in [-0.05, 0) is 17.7 Å². The summed E-state index contributed by atoms with van der Waals surface area (Å²) in [5.74, 6) is 1.64. The number of hydrogen-bond donors (Lipinski definition) is 2. The third kappa shape index (κ3) is 7.73. The van der Waals surface area contributed by atoms with Crippen LogP contribution in [0.5, 0.6) is 11.5 Å². The smallest absolute Gasteiger partial charge is 0.188 e. The molecular weight excluding hydrogens is 433 g/mol. The van der Waals surface area contributed by atoms with Crippen molar-refractivity contribution < 1.29 is 17.9 Å². The predicted octanol–water partition coefficient (Wildman–Crippen LogP) is 1.16. The Labute approximate surface area is 154 Å². The van der Waals surface area contributed by atoms with Crippen LogP contribution in [-0.2, 0) is 16.4 Å². The van der Waals surface area contributed by atoms with Crippen LogP contribution in [0.2, 0.25) is 0 Å². The minimum atomic E-state index is -3.00. The summed E-state index contributed by atoms with van der Waals surface area (Å²) in [6, 6.07) is 5.47. The third-order valence-electron chi connectivity index (χ3n) is 3.04. The lowest BCUT2D eigenvalue weighted by Crippen LogP contribution is -2.35. The van der Waals surface area contributed by atoms with Crippen LogP contribution in [0.15, 0.2) is 23.2 Å². The van der Waals surface area contributed by atoms with E-state index in [1.165, 1.54) is 0 Å². The molecule has 3 N–H and O–H groups in total. The van der Waals surface area contributed by atoms with Gasteiger partial charge in [-0.1, -0.05) is 13.0 Å². The summed E-state index contributed by atoms with van der Waals surface area (Å²) in [5.41, 5.74) is 6.61. The molecule has 132 valence electrons. The summed E-state index contributed by atoms with van der Waals surface area (Å²) in [6.45, 7) is 2.22. The summed E-state index contributed by atoms with van der Waals surface area (Å²) < 4.78 is 33.1. The van der Waals surface area contributed by atoms with Gasteiger partial charge in [0.25, 0.3) is 0 Å². The Kier molecular flexibility index (Phi) is 9.96. The highest BCUT2D eigenvalue weighted by Gasteiger charge is 2.07. The molecule has 0 heterocycles. The number of benzene rings is 1. The van der Waals surface area contributed by atoms with Crippen molar-refractivity contribution in [1.29, 1.82) is 0 Å². The molecular formula is C14H24IN3O4S. The van der Waals surface area contributed by atoms with Crippen molar-refractivity contribution in [1.82, 2.24) is 5.32 Å². The van der Waals surface area contributed by atoms with E-state index >= 15 is 0 Å². The molecule has 1 aromatic carbocycles. The molecule has 0 aliphatic carbocycles. The molecule has 0 aromatic heterocycles. The summed E-state index contributed by atoms with van der Waals surface area (Å²) in [5, 5.41) is 2.79. The normalized spacial score (nSPS) is 11.5. The van der Waals surface area contributed by atoms with Crippen LogP contribution in [0.25, 0.3) is 0 Å². The summed E-state index contributed by atoms with van der Waals surface area (Å²) in [4.78, 5) is 4.16. The molecule has 7 nitrogen and oxygen atoms in total. The van der Waals surface area contributed by atoms with E-state index in [2.05, 4.69) is 10.3 Å². The largest absolute Gasteiger partial charge is 0.493 e. The zero-order valence-corrected chi connectivity index (χ0v) is 16.7. The quantitative estimate of drug-likeness (QED) is 0.345. The van der Waals surface area contributed by atoms with Crippen molar-refractivity contribution >= 4 is 39.8 Å². The number of methoxy groups -OCH3 is 2. The molecule has 0 amide bonds.